The second-order valence-corrected chi connectivity index (χ2v) is 7.56. The first-order valence-electron chi connectivity index (χ1n) is 9.54. The van der Waals surface area contributed by atoms with E-state index in [4.69, 9.17) is 14.2 Å². The van der Waals surface area contributed by atoms with Gasteiger partial charge in [-0.25, -0.2) is 0 Å². The highest BCUT2D eigenvalue weighted by Gasteiger charge is 2.17. The summed E-state index contributed by atoms with van der Waals surface area (Å²) in [5.74, 6) is 0.105. The molecular weight excluding hydrogens is 422 g/mol. The standard InChI is InChI=1S/C16H23NO5.C7H8O.ClH/c1-10(18)21-14-7-6-12(8-15(14)22-11(2)19)13(20)9-17-16(3,4)5;1-8-7-5-3-2-4-6-7;/h6-8,13,17,20H,9H2,1-5H3;2-6H,1H3;1H. The number of esters is 2. The molecule has 0 heterocycles. The van der Waals surface area contributed by atoms with Crippen molar-refractivity contribution < 1.29 is 28.9 Å². The quantitative estimate of drug-likeness (QED) is 0.502. The van der Waals surface area contributed by atoms with Gasteiger partial charge in [-0.15, -0.1) is 12.4 Å². The van der Waals surface area contributed by atoms with Crippen molar-refractivity contribution in [3.05, 3.63) is 54.1 Å². The molecule has 2 aromatic rings. The van der Waals surface area contributed by atoms with Crippen LogP contribution in [0, 0.1) is 0 Å². The van der Waals surface area contributed by atoms with Gasteiger partial charge in [-0.2, -0.15) is 0 Å². The average molecular weight is 454 g/mol. The Bertz CT molecular complexity index is 821. The van der Waals surface area contributed by atoms with E-state index in [1.165, 1.54) is 26.0 Å². The number of halogens is 1. The molecule has 2 N–H and O–H groups in total. The molecular formula is C23H32ClNO6. The maximum atomic E-state index is 11.2. The predicted octanol–water partition coefficient (Wildman–Crippen LogP) is 4.08. The fraction of sp³-hybridized carbons (Fsp3) is 0.391. The van der Waals surface area contributed by atoms with Crippen molar-refractivity contribution in [2.45, 2.75) is 46.3 Å². The molecule has 7 nitrogen and oxygen atoms in total. The lowest BCUT2D eigenvalue weighted by Gasteiger charge is -2.23. The highest BCUT2D eigenvalue weighted by molar-refractivity contribution is 5.85. The van der Waals surface area contributed by atoms with Gasteiger partial charge in [0.25, 0.3) is 0 Å². The van der Waals surface area contributed by atoms with Crippen LogP contribution in [0.1, 0.15) is 46.3 Å². The molecule has 0 bridgehead atoms. The van der Waals surface area contributed by atoms with Crippen molar-refractivity contribution in [2.75, 3.05) is 13.7 Å². The molecule has 0 aliphatic carbocycles. The van der Waals surface area contributed by atoms with E-state index < -0.39 is 18.0 Å². The number of ether oxygens (including phenoxy) is 3. The first-order chi connectivity index (χ1) is 14.0. The normalized spacial score (nSPS) is 11.2. The summed E-state index contributed by atoms with van der Waals surface area (Å²) in [6.07, 6.45) is -0.778. The third-order valence-corrected chi connectivity index (χ3v) is 3.66. The Morgan fingerprint density at radius 1 is 0.968 bits per heavy atom. The molecule has 0 saturated carbocycles. The second-order valence-electron chi connectivity index (χ2n) is 7.56. The zero-order chi connectivity index (χ0) is 22.7. The maximum Gasteiger partial charge on any atom is 0.308 e. The third kappa shape index (κ3) is 12.0. The van der Waals surface area contributed by atoms with E-state index in [-0.39, 0.29) is 29.4 Å². The van der Waals surface area contributed by atoms with Crippen LogP contribution in [0.25, 0.3) is 0 Å². The van der Waals surface area contributed by atoms with Crippen LogP contribution in [-0.4, -0.2) is 36.2 Å². The molecule has 0 amide bonds. The Labute approximate surface area is 190 Å². The average Bonchev–Trinajstić information content (AvgIpc) is 2.67. The van der Waals surface area contributed by atoms with Crippen molar-refractivity contribution >= 4 is 24.3 Å². The number of methoxy groups -OCH3 is 1. The summed E-state index contributed by atoms with van der Waals surface area (Å²) in [5, 5.41) is 13.4. The number of hydrogen-bond acceptors (Lipinski definition) is 7. The molecule has 31 heavy (non-hydrogen) atoms. The highest BCUT2D eigenvalue weighted by Crippen LogP contribution is 2.31. The number of hydrogen-bond donors (Lipinski definition) is 2. The number of β-amino-alcohol motifs (C(OH)–C–C–N with tert-alkyl or cyclic N) is 1. The predicted molar refractivity (Wildman–Crippen MR) is 122 cm³/mol. The van der Waals surface area contributed by atoms with Crippen LogP contribution in [-0.2, 0) is 9.59 Å². The van der Waals surface area contributed by atoms with E-state index in [9.17, 15) is 14.7 Å². The van der Waals surface area contributed by atoms with Crippen molar-refractivity contribution in [1.29, 1.82) is 0 Å². The number of aliphatic hydroxyl groups is 1. The fourth-order valence-electron chi connectivity index (χ4n) is 2.28. The van der Waals surface area contributed by atoms with Crippen molar-refractivity contribution in [2.24, 2.45) is 0 Å². The van der Waals surface area contributed by atoms with Crippen LogP contribution in [0.15, 0.2) is 48.5 Å². The Morgan fingerprint density at radius 2 is 1.52 bits per heavy atom. The number of nitrogens with one attached hydrogen (secondary N) is 1. The van der Waals surface area contributed by atoms with Crippen LogP contribution in [0.4, 0.5) is 0 Å². The van der Waals surface area contributed by atoms with Crippen LogP contribution in [0.2, 0.25) is 0 Å². The Balaban J connectivity index is 0.000000838. The molecule has 0 aliphatic rings. The summed E-state index contributed by atoms with van der Waals surface area (Å²) in [6, 6.07) is 14.3. The Hall–Kier alpha value is -2.61. The molecule has 8 heteroatoms. The van der Waals surface area contributed by atoms with Gasteiger partial charge in [0.05, 0.1) is 13.2 Å². The number of para-hydroxylation sites is 1. The van der Waals surface area contributed by atoms with Crippen LogP contribution >= 0.6 is 12.4 Å². The maximum absolute atomic E-state index is 11.2. The van der Waals surface area contributed by atoms with Gasteiger partial charge < -0.3 is 24.6 Å². The van der Waals surface area contributed by atoms with E-state index >= 15 is 0 Å². The minimum Gasteiger partial charge on any atom is -0.497 e. The lowest BCUT2D eigenvalue weighted by molar-refractivity contribution is -0.134. The summed E-state index contributed by atoms with van der Waals surface area (Å²) in [7, 11) is 1.66. The Kier molecular flexibility index (Phi) is 12.5. The van der Waals surface area contributed by atoms with Crippen molar-refractivity contribution in [1.82, 2.24) is 5.32 Å². The zero-order valence-corrected chi connectivity index (χ0v) is 19.6. The van der Waals surface area contributed by atoms with Gasteiger partial charge in [-0.05, 0) is 50.6 Å². The van der Waals surface area contributed by atoms with Gasteiger partial charge in [0.2, 0.25) is 0 Å². The van der Waals surface area contributed by atoms with Gasteiger partial charge in [-0.3, -0.25) is 9.59 Å². The van der Waals surface area contributed by atoms with Crippen LogP contribution in [0.3, 0.4) is 0 Å². The molecule has 0 saturated heterocycles. The van der Waals surface area contributed by atoms with Crippen LogP contribution in [0.5, 0.6) is 17.2 Å². The van der Waals surface area contributed by atoms with Crippen molar-refractivity contribution in [3.63, 3.8) is 0 Å². The van der Waals surface area contributed by atoms with Gasteiger partial charge in [0, 0.05) is 25.9 Å². The summed E-state index contributed by atoms with van der Waals surface area (Å²) in [6.45, 7) is 8.83. The first-order valence-corrected chi connectivity index (χ1v) is 9.54. The largest absolute Gasteiger partial charge is 0.497 e. The molecule has 0 spiro atoms. The number of carbonyl (C=O) groups is 2. The molecule has 0 fully saturated rings. The number of rotatable bonds is 6. The summed E-state index contributed by atoms with van der Waals surface area (Å²) in [4.78, 5) is 22.2. The minimum atomic E-state index is -0.778. The van der Waals surface area contributed by atoms with Gasteiger partial charge >= 0.3 is 11.9 Å². The number of carbonyl (C=O) groups excluding carboxylic acids is 2. The number of benzene rings is 2. The van der Waals surface area contributed by atoms with E-state index in [1.54, 1.807) is 13.2 Å². The van der Waals surface area contributed by atoms with E-state index in [0.29, 0.717) is 12.1 Å². The van der Waals surface area contributed by atoms with E-state index in [2.05, 4.69) is 5.32 Å². The second kappa shape index (κ2) is 13.6. The van der Waals surface area contributed by atoms with Gasteiger partial charge in [0.15, 0.2) is 11.5 Å². The van der Waals surface area contributed by atoms with E-state index in [0.717, 1.165) is 5.75 Å². The highest BCUT2D eigenvalue weighted by atomic mass is 35.5. The van der Waals surface area contributed by atoms with Crippen molar-refractivity contribution in [3.8, 4) is 17.2 Å². The molecule has 0 aliphatic heterocycles. The molecule has 172 valence electrons. The topological polar surface area (TPSA) is 94.1 Å². The zero-order valence-electron chi connectivity index (χ0n) is 18.8. The third-order valence-electron chi connectivity index (χ3n) is 3.66. The van der Waals surface area contributed by atoms with Gasteiger partial charge in [-0.1, -0.05) is 24.3 Å². The molecule has 0 aromatic heterocycles. The molecule has 2 aromatic carbocycles. The van der Waals surface area contributed by atoms with Crippen LogP contribution < -0.4 is 19.5 Å². The minimum absolute atomic E-state index is 0. The Morgan fingerprint density at radius 3 is 1.97 bits per heavy atom. The first kappa shape index (κ1) is 28.4. The molecule has 1 atom stereocenters. The molecule has 2 rings (SSSR count). The summed E-state index contributed by atoms with van der Waals surface area (Å²) >= 11 is 0. The SMILES string of the molecule is CC(=O)Oc1ccc(C(O)CNC(C)(C)C)cc1OC(C)=O.COc1ccccc1.Cl. The van der Waals surface area contributed by atoms with E-state index in [1.807, 2.05) is 51.1 Å². The smallest absolute Gasteiger partial charge is 0.308 e. The lowest BCUT2D eigenvalue weighted by Crippen LogP contribution is -2.38. The molecule has 0 radical (unpaired) electrons. The lowest BCUT2D eigenvalue weighted by atomic mass is 10.1. The van der Waals surface area contributed by atoms with Gasteiger partial charge in [0.1, 0.15) is 5.75 Å². The molecule has 1 unspecified atom stereocenters. The monoisotopic (exact) mass is 453 g/mol. The summed E-state index contributed by atoms with van der Waals surface area (Å²) < 4.78 is 14.9. The fourth-order valence-corrected chi connectivity index (χ4v) is 2.28. The summed E-state index contributed by atoms with van der Waals surface area (Å²) in [5.41, 5.74) is 0.432. The number of aliphatic hydroxyl groups excluding tert-OH is 1.